The Kier molecular flexibility index (Phi) is 32.9. The van der Waals surface area contributed by atoms with Gasteiger partial charge in [0.25, 0.3) is 0 Å². The third kappa shape index (κ3) is 24.6. The second-order valence-electron chi connectivity index (χ2n) is 19.3. The highest BCUT2D eigenvalue weighted by atomic mass is 31.2. The summed E-state index contributed by atoms with van der Waals surface area (Å²) in [5, 5.41) is 0. The number of benzene rings is 1. The van der Waals surface area contributed by atoms with Gasteiger partial charge in [-0.1, -0.05) is 223 Å². The summed E-state index contributed by atoms with van der Waals surface area (Å²) in [7, 11) is -4.84. The summed E-state index contributed by atoms with van der Waals surface area (Å²) < 4.78 is 43.8. The van der Waals surface area contributed by atoms with Crippen LogP contribution in [0.4, 0.5) is 0 Å². The van der Waals surface area contributed by atoms with Crippen molar-refractivity contribution in [2.75, 3.05) is 13.2 Å². The molecule has 10 heteroatoms. The minimum Gasteiger partial charge on any atom is -0.462 e. The van der Waals surface area contributed by atoms with Crippen molar-refractivity contribution in [3.8, 4) is 0 Å². The summed E-state index contributed by atoms with van der Waals surface area (Å²) in [4.78, 5) is 37.4. The Hall–Kier alpha value is -2.55. The van der Waals surface area contributed by atoms with Crippen molar-refractivity contribution >= 4 is 19.8 Å². The number of phosphoric ester groups is 1. The first-order valence-corrected chi connectivity index (χ1v) is 28.0. The van der Waals surface area contributed by atoms with Crippen LogP contribution in [0.2, 0.25) is 0 Å². The van der Waals surface area contributed by atoms with Gasteiger partial charge in [0.05, 0.1) is 19.3 Å². The van der Waals surface area contributed by atoms with Gasteiger partial charge in [-0.05, 0) is 43.1 Å². The maximum Gasteiger partial charge on any atom is 0.472 e. The van der Waals surface area contributed by atoms with Crippen LogP contribution in [0.25, 0.3) is 0 Å². The molecule has 0 radical (unpaired) electrons. The fourth-order valence-corrected chi connectivity index (χ4v) is 10.8. The minimum atomic E-state index is -4.84. The number of unbranched alkanes of at least 4 members (excludes halogenated alkanes) is 24. The normalized spacial score (nSPS) is 22.0. The van der Waals surface area contributed by atoms with Crippen molar-refractivity contribution in [2.45, 2.75) is 232 Å². The highest BCUT2D eigenvalue weighted by Gasteiger charge is 2.57. The summed E-state index contributed by atoms with van der Waals surface area (Å²) in [5.74, 6) is -1.85. The Morgan fingerprint density at radius 2 is 1.06 bits per heavy atom. The van der Waals surface area contributed by atoms with E-state index in [1.165, 1.54) is 116 Å². The number of allylic oxidation sites excluding steroid dienone is 2. The van der Waals surface area contributed by atoms with Gasteiger partial charge in [-0.2, -0.15) is 0 Å². The fraction of sp³-hybridized carbons (Fsp3) is 0.750. The van der Waals surface area contributed by atoms with Gasteiger partial charge in [0.1, 0.15) is 12.2 Å². The molecule has 9 nitrogen and oxygen atoms in total. The molecule has 1 aromatic carbocycles. The average molecular weight is 943 g/mol. The highest BCUT2D eigenvalue weighted by Crippen LogP contribution is 2.57. The zero-order valence-electron chi connectivity index (χ0n) is 42.3. The van der Waals surface area contributed by atoms with E-state index >= 15 is 0 Å². The molecule has 2 rings (SSSR count). The SMILES string of the molecule is C=CC1C(C=C)C(C)C(C)(OP(=O)(O)OC[C@H](COC(=O)CCCCCCCCCCCCCCC)OC(=O)CCCCCCCCCCCCCCC)C(OCc2ccccc2)C1C=C. The molecule has 1 N–H and O–H groups in total. The first-order chi connectivity index (χ1) is 32.0. The van der Waals surface area contributed by atoms with Crippen LogP contribution in [0, 0.1) is 23.7 Å². The molecule has 0 bridgehead atoms. The number of esters is 2. The first-order valence-electron chi connectivity index (χ1n) is 26.5. The largest absolute Gasteiger partial charge is 0.472 e. The van der Waals surface area contributed by atoms with Crippen LogP contribution in [-0.4, -0.2) is 47.9 Å². The summed E-state index contributed by atoms with van der Waals surface area (Å²) >= 11 is 0. The molecule has 0 aromatic heterocycles. The Morgan fingerprint density at radius 1 is 0.636 bits per heavy atom. The average Bonchev–Trinajstić information content (AvgIpc) is 3.30. The standard InChI is InChI=1S/C56H95O9P/c1-8-13-15-17-19-21-23-25-27-29-31-33-38-42-53(57)61-45-49(64-54(58)43-39-34-32-30-28-26-24-22-20-18-16-14-9-2)46-63-66(59,60)65-56(7)47(6)50(10-3)51(11-4)52(12-5)55(56)62-44-48-40-36-35-37-41-48/h10-12,35-37,40-41,47,49-52,55H,3-5,8-9,13-34,38-39,42-46H2,1-2,6-7H3,(H,59,60)/t47?,49-,50?,51?,52?,55?,56?/m0/s1. The van der Waals surface area contributed by atoms with E-state index in [0.717, 1.165) is 44.1 Å². The van der Waals surface area contributed by atoms with Crippen molar-refractivity contribution in [3.05, 3.63) is 73.9 Å². The fourth-order valence-electron chi connectivity index (χ4n) is 9.59. The molecule has 66 heavy (non-hydrogen) atoms. The lowest BCUT2D eigenvalue weighted by Crippen LogP contribution is -2.60. The van der Waals surface area contributed by atoms with E-state index in [4.69, 9.17) is 23.3 Å². The van der Waals surface area contributed by atoms with Crippen LogP contribution >= 0.6 is 7.82 Å². The number of carbonyl (C=O) groups excluding carboxylic acids is 2. The summed E-state index contributed by atoms with van der Waals surface area (Å²) in [5.41, 5.74) is -0.413. The minimum absolute atomic E-state index is 0.112. The van der Waals surface area contributed by atoms with Crippen LogP contribution in [0.5, 0.6) is 0 Å². The lowest BCUT2D eigenvalue weighted by Gasteiger charge is -2.54. The van der Waals surface area contributed by atoms with Gasteiger partial charge in [0.15, 0.2) is 6.10 Å². The zero-order valence-corrected chi connectivity index (χ0v) is 43.2. The third-order valence-electron chi connectivity index (χ3n) is 13.8. The molecule has 1 aliphatic rings. The molecule has 0 spiro atoms. The van der Waals surface area contributed by atoms with Gasteiger partial charge >= 0.3 is 19.8 Å². The predicted molar refractivity (Wildman–Crippen MR) is 272 cm³/mol. The molecule has 1 aromatic rings. The molecule has 0 heterocycles. The number of phosphoric acid groups is 1. The van der Waals surface area contributed by atoms with Crippen LogP contribution in [0.1, 0.15) is 213 Å². The van der Waals surface area contributed by atoms with Crippen LogP contribution in [-0.2, 0) is 44.0 Å². The first kappa shape index (κ1) is 59.6. The van der Waals surface area contributed by atoms with Gasteiger partial charge < -0.3 is 19.1 Å². The summed E-state index contributed by atoms with van der Waals surface area (Å²) in [6, 6.07) is 9.70. The summed E-state index contributed by atoms with van der Waals surface area (Å²) in [6.07, 6.45) is 35.3. The molecule has 7 unspecified atom stereocenters. The topological polar surface area (TPSA) is 118 Å². The quantitative estimate of drug-likeness (QED) is 0.0296. The van der Waals surface area contributed by atoms with Crippen molar-refractivity contribution in [1.82, 2.24) is 0 Å². The van der Waals surface area contributed by atoms with Crippen LogP contribution in [0.3, 0.4) is 0 Å². The van der Waals surface area contributed by atoms with E-state index in [1.54, 1.807) is 13.0 Å². The smallest absolute Gasteiger partial charge is 0.462 e. The molecule has 1 saturated carbocycles. The number of hydrogen-bond acceptors (Lipinski definition) is 8. The van der Waals surface area contributed by atoms with Crippen molar-refractivity contribution in [2.24, 2.45) is 23.7 Å². The number of carbonyl (C=O) groups is 2. The Labute approximate surface area is 403 Å². The highest BCUT2D eigenvalue weighted by molar-refractivity contribution is 7.47. The van der Waals surface area contributed by atoms with Crippen LogP contribution < -0.4 is 0 Å². The maximum absolute atomic E-state index is 14.0. The summed E-state index contributed by atoms with van der Waals surface area (Å²) in [6.45, 7) is 19.9. The van der Waals surface area contributed by atoms with Crippen molar-refractivity contribution in [3.63, 3.8) is 0 Å². The van der Waals surface area contributed by atoms with E-state index in [9.17, 15) is 19.0 Å². The number of ether oxygens (including phenoxy) is 3. The van der Waals surface area contributed by atoms with Crippen molar-refractivity contribution in [1.29, 1.82) is 0 Å². The number of rotatable bonds is 42. The van der Waals surface area contributed by atoms with E-state index in [2.05, 4.69) is 33.6 Å². The molecule has 1 aliphatic carbocycles. The number of hydrogen-bond donors (Lipinski definition) is 1. The van der Waals surface area contributed by atoms with E-state index in [-0.39, 0.29) is 49.7 Å². The van der Waals surface area contributed by atoms with E-state index < -0.39 is 44.2 Å². The molecular formula is C56H95O9P. The van der Waals surface area contributed by atoms with E-state index in [0.29, 0.717) is 12.8 Å². The van der Waals surface area contributed by atoms with Gasteiger partial charge in [-0.3, -0.25) is 18.6 Å². The maximum atomic E-state index is 14.0. The van der Waals surface area contributed by atoms with Crippen LogP contribution in [0.15, 0.2) is 68.3 Å². The molecular weight excluding hydrogens is 848 g/mol. The molecule has 378 valence electrons. The Morgan fingerprint density at radius 3 is 1.50 bits per heavy atom. The second kappa shape index (κ2) is 36.4. The lowest BCUT2D eigenvalue weighted by molar-refractivity contribution is -0.183. The third-order valence-corrected chi connectivity index (χ3v) is 14.9. The van der Waals surface area contributed by atoms with Gasteiger partial charge in [0, 0.05) is 18.8 Å². The molecule has 0 amide bonds. The molecule has 0 saturated heterocycles. The lowest BCUT2D eigenvalue weighted by atomic mass is 9.59. The molecule has 0 aliphatic heterocycles. The van der Waals surface area contributed by atoms with Crippen molar-refractivity contribution < 1.29 is 42.3 Å². The molecule has 8 atom stereocenters. The van der Waals surface area contributed by atoms with Gasteiger partial charge in [-0.15, -0.1) is 19.7 Å². The van der Waals surface area contributed by atoms with E-state index in [1.807, 2.05) is 49.4 Å². The Balaban J connectivity index is 2.00. The zero-order chi connectivity index (χ0) is 48.3. The molecule has 1 fully saturated rings. The predicted octanol–water partition coefficient (Wildman–Crippen LogP) is 15.9. The second-order valence-corrected chi connectivity index (χ2v) is 20.6. The Bertz CT molecular complexity index is 1480. The van der Waals surface area contributed by atoms with Gasteiger partial charge in [0.2, 0.25) is 0 Å². The van der Waals surface area contributed by atoms with Gasteiger partial charge in [-0.25, -0.2) is 4.57 Å². The monoisotopic (exact) mass is 943 g/mol.